The Balaban J connectivity index is 1.65. The number of hydrogen-bond donors (Lipinski definition) is 1. The Kier molecular flexibility index (Phi) is 5.80. The zero-order chi connectivity index (χ0) is 24.0. The lowest BCUT2D eigenvalue weighted by Gasteiger charge is -2.19. The average molecular weight is 493 g/mol. The number of fused-ring (bicyclic) bond motifs is 2. The van der Waals surface area contributed by atoms with E-state index in [2.05, 4.69) is 15.1 Å². The van der Waals surface area contributed by atoms with Gasteiger partial charge in [-0.25, -0.2) is 22.8 Å². The molecule has 0 saturated carbocycles. The smallest absolute Gasteiger partial charge is 0.289 e. The summed E-state index contributed by atoms with van der Waals surface area (Å²) in [5, 5.41) is 14.2. The second-order valence-corrected chi connectivity index (χ2v) is 8.58. The molecule has 0 aromatic carbocycles. The molecule has 1 fully saturated rings. The molecule has 0 bridgehead atoms. The Morgan fingerprint density at radius 3 is 2.50 bits per heavy atom. The molecule has 12 heteroatoms. The SMILES string of the molecule is O=C(c1cc2c(cn1)c(-c1cnc3cc(O)c(Cl)cn13)nn2C(F)C(F)F)N1CCCCCC1. The number of imidazole rings is 1. The summed E-state index contributed by atoms with van der Waals surface area (Å²) in [7, 11) is 0. The number of aromatic hydroxyl groups is 1. The quantitative estimate of drug-likeness (QED) is 0.440. The summed E-state index contributed by atoms with van der Waals surface area (Å²) >= 11 is 6.02. The van der Waals surface area contributed by atoms with Crippen molar-refractivity contribution in [3.8, 4) is 17.1 Å². The number of halogens is 4. The Bertz CT molecular complexity index is 1380. The lowest BCUT2D eigenvalue weighted by atomic mass is 10.2. The van der Waals surface area contributed by atoms with Gasteiger partial charge in [0, 0.05) is 36.9 Å². The third kappa shape index (κ3) is 3.83. The van der Waals surface area contributed by atoms with Crippen molar-refractivity contribution in [2.75, 3.05) is 13.1 Å². The fourth-order valence-corrected chi connectivity index (χ4v) is 4.38. The molecule has 178 valence electrons. The first-order valence-electron chi connectivity index (χ1n) is 10.8. The van der Waals surface area contributed by atoms with E-state index in [-0.39, 0.29) is 39.0 Å². The molecule has 8 nitrogen and oxygen atoms in total. The predicted octanol–water partition coefficient (Wildman–Crippen LogP) is 4.85. The number of hydrogen-bond acceptors (Lipinski definition) is 5. The van der Waals surface area contributed by atoms with E-state index in [1.54, 1.807) is 4.90 Å². The highest BCUT2D eigenvalue weighted by Gasteiger charge is 2.28. The summed E-state index contributed by atoms with van der Waals surface area (Å²) < 4.78 is 43.3. The van der Waals surface area contributed by atoms with E-state index in [0.29, 0.717) is 29.1 Å². The van der Waals surface area contributed by atoms with Crippen LogP contribution in [0, 0.1) is 0 Å². The van der Waals surface area contributed by atoms with Gasteiger partial charge in [0.15, 0.2) is 0 Å². The standard InChI is InChI=1S/C22H20ClF3N6O2/c23-13-11-31-16(10-28-18(31)8-17(13)33)19-12-9-27-14(22(34)30-5-3-1-2-4-6-30)7-15(12)32(29-19)21(26)20(24)25/h7-11,20-21,33H,1-6H2. The maximum Gasteiger partial charge on any atom is 0.289 e. The Labute approximate surface area is 196 Å². The molecular weight excluding hydrogens is 473 g/mol. The molecule has 1 aliphatic rings. The van der Waals surface area contributed by atoms with Crippen molar-refractivity contribution in [1.29, 1.82) is 0 Å². The van der Waals surface area contributed by atoms with Gasteiger partial charge < -0.3 is 10.0 Å². The molecule has 1 atom stereocenters. The number of carbonyl (C=O) groups excluding carboxylic acids is 1. The number of aromatic nitrogens is 5. The number of carbonyl (C=O) groups is 1. The third-order valence-corrected chi connectivity index (χ3v) is 6.26. The molecule has 1 N–H and O–H groups in total. The Morgan fingerprint density at radius 2 is 1.79 bits per heavy atom. The van der Waals surface area contributed by atoms with Crippen LogP contribution in [0.3, 0.4) is 0 Å². The second-order valence-electron chi connectivity index (χ2n) is 8.17. The van der Waals surface area contributed by atoms with Gasteiger partial charge in [-0.1, -0.05) is 24.4 Å². The first kappa shape index (κ1) is 22.5. The van der Waals surface area contributed by atoms with Crippen LogP contribution in [-0.2, 0) is 0 Å². The first-order chi connectivity index (χ1) is 16.3. The fraction of sp³-hybridized carbons (Fsp3) is 0.364. The van der Waals surface area contributed by atoms with E-state index >= 15 is 0 Å². The molecule has 0 spiro atoms. The predicted molar refractivity (Wildman–Crippen MR) is 119 cm³/mol. The lowest BCUT2D eigenvalue weighted by molar-refractivity contribution is 0.00356. The van der Waals surface area contributed by atoms with Crippen molar-refractivity contribution in [1.82, 2.24) is 29.0 Å². The lowest BCUT2D eigenvalue weighted by Crippen LogP contribution is -2.32. The van der Waals surface area contributed by atoms with E-state index in [1.807, 2.05) is 0 Å². The van der Waals surface area contributed by atoms with E-state index in [0.717, 1.165) is 25.7 Å². The van der Waals surface area contributed by atoms with Gasteiger partial charge in [-0.2, -0.15) is 5.10 Å². The van der Waals surface area contributed by atoms with Crippen LogP contribution in [0.2, 0.25) is 5.02 Å². The van der Waals surface area contributed by atoms with Gasteiger partial charge in [-0.15, -0.1) is 0 Å². The molecule has 4 aromatic rings. The van der Waals surface area contributed by atoms with Crippen molar-refractivity contribution >= 4 is 34.1 Å². The van der Waals surface area contributed by atoms with Crippen molar-refractivity contribution < 1.29 is 23.1 Å². The van der Waals surface area contributed by atoms with Crippen LogP contribution in [0.15, 0.2) is 30.7 Å². The van der Waals surface area contributed by atoms with Crippen molar-refractivity contribution in [2.24, 2.45) is 0 Å². The number of nitrogens with zero attached hydrogens (tertiary/aromatic N) is 6. The molecule has 0 radical (unpaired) electrons. The molecule has 1 aliphatic heterocycles. The van der Waals surface area contributed by atoms with E-state index < -0.39 is 12.7 Å². The number of pyridine rings is 2. The second kappa shape index (κ2) is 8.79. The van der Waals surface area contributed by atoms with Gasteiger partial charge in [0.1, 0.15) is 22.8 Å². The van der Waals surface area contributed by atoms with Gasteiger partial charge in [0.2, 0.25) is 0 Å². The van der Waals surface area contributed by atoms with Crippen LogP contribution in [0.5, 0.6) is 5.75 Å². The summed E-state index contributed by atoms with van der Waals surface area (Å²) in [6.45, 7) is 1.17. The van der Waals surface area contributed by atoms with Gasteiger partial charge in [0.05, 0.1) is 22.4 Å². The largest absolute Gasteiger partial charge is 0.506 e. The van der Waals surface area contributed by atoms with E-state index in [9.17, 15) is 23.1 Å². The maximum atomic E-state index is 14.6. The Hall–Kier alpha value is -3.34. The molecule has 5 heterocycles. The highest BCUT2D eigenvalue weighted by molar-refractivity contribution is 6.32. The zero-order valence-electron chi connectivity index (χ0n) is 17.8. The summed E-state index contributed by atoms with van der Waals surface area (Å²) in [5.41, 5.74) is 0.834. The molecule has 1 saturated heterocycles. The molecule has 1 amide bonds. The number of amides is 1. The topological polar surface area (TPSA) is 88.5 Å². The molecule has 5 rings (SSSR count). The van der Waals surface area contributed by atoms with Crippen molar-refractivity contribution in [2.45, 2.75) is 38.4 Å². The summed E-state index contributed by atoms with van der Waals surface area (Å²) in [6, 6.07) is 2.63. The monoisotopic (exact) mass is 492 g/mol. The maximum absolute atomic E-state index is 14.6. The highest BCUT2D eigenvalue weighted by atomic mass is 35.5. The van der Waals surface area contributed by atoms with Crippen molar-refractivity contribution in [3.63, 3.8) is 0 Å². The third-order valence-electron chi connectivity index (χ3n) is 5.97. The van der Waals surface area contributed by atoms with Gasteiger partial charge >= 0.3 is 0 Å². The number of rotatable bonds is 4. The Morgan fingerprint density at radius 1 is 1.06 bits per heavy atom. The van der Waals surface area contributed by atoms with Gasteiger partial charge in [0.25, 0.3) is 18.6 Å². The number of likely N-dealkylation sites (tertiary alicyclic amines) is 1. The molecular formula is C22H20ClF3N6O2. The number of alkyl halides is 3. The minimum atomic E-state index is -3.33. The van der Waals surface area contributed by atoms with Crippen LogP contribution >= 0.6 is 11.6 Å². The molecule has 0 aliphatic carbocycles. The first-order valence-corrected chi connectivity index (χ1v) is 11.2. The van der Waals surface area contributed by atoms with Crippen LogP contribution in [0.25, 0.3) is 27.9 Å². The fourth-order valence-electron chi connectivity index (χ4n) is 4.23. The van der Waals surface area contributed by atoms with Gasteiger partial charge in [-0.3, -0.25) is 14.2 Å². The van der Waals surface area contributed by atoms with Crippen LogP contribution < -0.4 is 0 Å². The molecule has 34 heavy (non-hydrogen) atoms. The zero-order valence-corrected chi connectivity index (χ0v) is 18.6. The average Bonchev–Trinajstić information content (AvgIpc) is 3.26. The van der Waals surface area contributed by atoms with E-state index in [1.165, 1.54) is 35.1 Å². The van der Waals surface area contributed by atoms with Crippen LogP contribution in [0.1, 0.15) is 42.5 Å². The normalized spacial score (nSPS) is 15.9. The van der Waals surface area contributed by atoms with E-state index in [4.69, 9.17) is 11.6 Å². The summed E-state index contributed by atoms with van der Waals surface area (Å²) in [6.07, 6.45) is 1.89. The van der Waals surface area contributed by atoms with Crippen molar-refractivity contribution in [3.05, 3.63) is 41.4 Å². The molecule has 1 unspecified atom stereocenters. The highest BCUT2D eigenvalue weighted by Crippen LogP contribution is 2.34. The minimum Gasteiger partial charge on any atom is -0.506 e. The summed E-state index contributed by atoms with van der Waals surface area (Å²) in [4.78, 5) is 23.2. The van der Waals surface area contributed by atoms with Gasteiger partial charge in [-0.05, 0) is 18.9 Å². The summed E-state index contributed by atoms with van der Waals surface area (Å²) in [5.74, 6) is -0.510. The van der Waals surface area contributed by atoms with Crippen LogP contribution in [0.4, 0.5) is 13.2 Å². The molecule has 4 aromatic heterocycles. The minimum absolute atomic E-state index is 0.01000. The van der Waals surface area contributed by atoms with Crippen LogP contribution in [-0.4, -0.2) is 59.6 Å².